The van der Waals surface area contributed by atoms with Gasteiger partial charge >= 0.3 is 0 Å². The molecule has 2 fully saturated rings. The number of carbonyl (C=O) groups excluding carboxylic acids is 1. The van der Waals surface area contributed by atoms with Crippen molar-refractivity contribution in [2.24, 2.45) is 5.92 Å². The van der Waals surface area contributed by atoms with Crippen LogP contribution in [0, 0.1) is 5.92 Å². The number of rotatable bonds is 5. The van der Waals surface area contributed by atoms with Crippen LogP contribution < -0.4 is 0 Å². The maximum absolute atomic E-state index is 12.6. The van der Waals surface area contributed by atoms with E-state index in [9.17, 15) is 4.79 Å². The van der Waals surface area contributed by atoms with E-state index >= 15 is 0 Å². The van der Waals surface area contributed by atoms with Gasteiger partial charge < -0.3 is 9.47 Å². The fourth-order valence-corrected chi connectivity index (χ4v) is 3.93. The lowest BCUT2D eigenvalue weighted by atomic mass is 9.86. The monoisotopic (exact) mass is 275 g/mol. The Morgan fingerprint density at radius 3 is 2.70 bits per heavy atom. The Balaban J connectivity index is 1.64. The fraction of sp³-hybridized carbons (Fsp3) is 0.750. The molecule has 0 spiro atoms. The van der Waals surface area contributed by atoms with Crippen LogP contribution in [0.1, 0.15) is 44.9 Å². The minimum atomic E-state index is 0.260. The number of hydrogen-bond acceptors (Lipinski definition) is 3. The Morgan fingerprint density at radius 2 is 2.05 bits per heavy atom. The number of aromatic nitrogens is 2. The third-order valence-corrected chi connectivity index (χ3v) is 5.15. The highest BCUT2D eigenvalue weighted by Gasteiger charge is 2.40. The summed E-state index contributed by atoms with van der Waals surface area (Å²) in [6, 6.07) is 1.27. The predicted molar refractivity (Wildman–Crippen MR) is 78.5 cm³/mol. The molecule has 0 saturated carbocycles. The number of piperidine rings is 1. The van der Waals surface area contributed by atoms with Crippen LogP contribution in [0.3, 0.4) is 0 Å². The van der Waals surface area contributed by atoms with Crippen LogP contribution in [0.4, 0.5) is 0 Å². The maximum atomic E-state index is 12.6. The topological polar surface area (TPSA) is 38.1 Å². The Hall–Kier alpha value is -1.16. The van der Waals surface area contributed by atoms with Crippen molar-refractivity contribution in [2.75, 3.05) is 7.05 Å². The van der Waals surface area contributed by atoms with E-state index in [1.165, 1.54) is 12.8 Å². The van der Waals surface area contributed by atoms with Crippen molar-refractivity contribution < 1.29 is 4.79 Å². The van der Waals surface area contributed by atoms with Gasteiger partial charge in [-0.3, -0.25) is 4.79 Å². The van der Waals surface area contributed by atoms with Crippen LogP contribution in [-0.4, -0.2) is 39.4 Å². The second kappa shape index (κ2) is 5.68. The van der Waals surface area contributed by atoms with Crippen molar-refractivity contribution in [1.82, 2.24) is 14.5 Å². The number of ketones is 1. The summed E-state index contributed by atoms with van der Waals surface area (Å²) < 4.78 is 2.13. The Kier molecular flexibility index (Phi) is 3.92. The minimum Gasteiger partial charge on any atom is -0.335 e. The van der Waals surface area contributed by atoms with E-state index in [-0.39, 0.29) is 5.92 Å². The summed E-state index contributed by atoms with van der Waals surface area (Å²) >= 11 is 0. The zero-order valence-corrected chi connectivity index (χ0v) is 12.6. The van der Waals surface area contributed by atoms with E-state index < -0.39 is 0 Å². The van der Waals surface area contributed by atoms with Gasteiger partial charge in [-0.25, -0.2) is 4.98 Å². The number of fused-ring (bicyclic) bond motifs is 2. The Bertz CT molecular complexity index is 468. The van der Waals surface area contributed by atoms with Crippen LogP contribution in [0.5, 0.6) is 0 Å². The fourth-order valence-electron chi connectivity index (χ4n) is 3.93. The first-order chi connectivity index (χ1) is 9.69. The molecule has 0 radical (unpaired) electrons. The van der Waals surface area contributed by atoms with Gasteiger partial charge in [-0.2, -0.15) is 0 Å². The molecule has 0 N–H and O–H groups in total. The van der Waals surface area contributed by atoms with E-state index in [4.69, 9.17) is 0 Å². The highest BCUT2D eigenvalue weighted by atomic mass is 16.1. The summed E-state index contributed by atoms with van der Waals surface area (Å²) in [4.78, 5) is 19.4. The van der Waals surface area contributed by atoms with Crippen LogP contribution in [0.15, 0.2) is 12.4 Å². The molecule has 1 aromatic rings. The predicted octanol–water partition coefficient (Wildman–Crippen LogP) is 2.28. The zero-order valence-electron chi connectivity index (χ0n) is 12.6. The average molecular weight is 275 g/mol. The number of carbonyl (C=O) groups is 1. The van der Waals surface area contributed by atoms with E-state index in [1.807, 2.05) is 12.4 Å². The van der Waals surface area contributed by atoms with Gasteiger partial charge in [0.05, 0.1) is 6.42 Å². The van der Waals surface area contributed by atoms with Crippen LogP contribution >= 0.6 is 0 Å². The lowest BCUT2D eigenvalue weighted by molar-refractivity contribution is -0.124. The SMILES string of the molecule is CCCn1ccnc1CC(=O)C1CC2CCC(C1)N2C. The summed E-state index contributed by atoms with van der Waals surface area (Å²) in [6.45, 7) is 3.11. The molecule has 0 aromatic carbocycles. The molecule has 2 saturated heterocycles. The van der Waals surface area contributed by atoms with E-state index in [0.717, 1.165) is 31.6 Å². The van der Waals surface area contributed by atoms with E-state index in [2.05, 4.69) is 28.4 Å². The zero-order chi connectivity index (χ0) is 14.1. The third kappa shape index (κ3) is 2.53. The van der Waals surface area contributed by atoms with Crippen LogP contribution in [0.25, 0.3) is 0 Å². The highest BCUT2D eigenvalue weighted by molar-refractivity contribution is 5.83. The third-order valence-electron chi connectivity index (χ3n) is 5.15. The van der Waals surface area contributed by atoms with E-state index in [1.54, 1.807) is 0 Å². The van der Waals surface area contributed by atoms with Crippen molar-refractivity contribution in [2.45, 2.75) is 64.1 Å². The average Bonchev–Trinajstić information content (AvgIpc) is 2.91. The first-order valence-corrected chi connectivity index (χ1v) is 7.93. The summed E-state index contributed by atoms with van der Waals surface area (Å²) in [5, 5.41) is 0. The first-order valence-electron chi connectivity index (χ1n) is 7.93. The Labute approximate surface area is 121 Å². The van der Waals surface area contributed by atoms with Gasteiger partial charge in [0, 0.05) is 36.9 Å². The lowest BCUT2D eigenvalue weighted by Gasteiger charge is -2.35. The molecule has 20 heavy (non-hydrogen) atoms. The molecule has 1 aromatic heterocycles. The number of imidazole rings is 1. The highest BCUT2D eigenvalue weighted by Crippen LogP contribution is 2.38. The van der Waals surface area contributed by atoms with Gasteiger partial charge in [-0.15, -0.1) is 0 Å². The standard InChI is InChI=1S/C16H25N3O/c1-3-7-19-8-6-17-16(19)11-15(20)12-9-13-4-5-14(10-12)18(13)2/h6,8,12-14H,3-5,7,9-11H2,1-2H3. The van der Waals surface area contributed by atoms with Gasteiger partial charge in [0.2, 0.25) is 0 Å². The van der Waals surface area contributed by atoms with E-state index in [0.29, 0.717) is 24.3 Å². The summed E-state index contributed by atoms with van der Waals surface area (Å²) in [5.41, 5.74) is 0. The molecular weight excluding hydrogens is 250 g/mol. The number of aryl methyl sites for hydroxylation is 1. The van der Waals surface area contributed by atoms with Gasteiger partial charge in [-0.05, 0) is 39.2 Å². The maximum Gasteiger partial charge on any atom is 0.143 e. The van der Waals surface area contributed by atoms with Gasteiger partial charge in [0.1, 0.15) is 11.6 Å². The number of nitrogens with zero attached hydrogens (tertiary/aromatic N) is 3. The van der Waals surface area contributed by atoms with Crippen LogP contribution in [0.2, 0.25) is 0 Å². The molecule has 2 unspecified atom stereocenters. The molecule has 2 aliphatic heterocycles. The van der Waals surface area contributed by atoms with Crippen molar-refractivity contribution in [3.8, 4) is 0 Å². The molecular formula is C16H25N3O. The number of Topliss-reactive ketones (excluding diaryl/α,β-unsaturated/α-hetero) is 1. The summed E-state index contributed by atoms with van der Waals surface area (Å²) in [7, 11) is 2.22. The molecule has 3 rings (SSSR count). The normalized spacial score (nSPS) is 29.8. The van der Waals surface area contributed by atoms with Crippen molar-refractivity contribution in [3.63, 3.8) is 0 Å². The van der Waals surface area contributed by atoms with Crippen molar-refractivity contribution in [1.29, 1.82) is 0 Å². The van der Waals surface area contributed by atoms with Crippen molar-refractivity contribution in [3.05, 3.63) is 18.2 Å². The lowest BCUT2D eigenvalue weighted by Crippen LogP contribution is -2.42. The summed E-state index contributed by atoms with van der Waals surface area (Å²) in [5.74, 6) is 1.61. The number of hydrogen-bond donors (Lipinski definition) is 0. The molecule has 2 bridgehead atoms. The van der Waals surface area contributed by atoms with Gasteiger partial charge in [0.15, 0.2) is 0 Å². The minimum absolute atomic E-state index is 0.260. The molecule has 4 nitrogen and oxygen atoms in total. The second-order valence-corrected chi connectivity index (χ2v) is 6.40. The quantitative estimate of drug-likeness (QED) is 0.827. The molecule has 2 atom stereocenters. The van der Waals surface area contributed by atoms with Crippen LogP contribution in [-0.2, 0) is 17.8 Å². The summed E-state index contributed by atoms with van der Waals surface area (Å²) in [6.07, 6.45) is 10.1. The smallest absolute Gasteiger partial charge is 0.143 e. The largest absolute Gasteiger partial charge is 0.335 e. The molecule has 2 aliphatic rings. The second-order valence-electron chi connectivity index (χ2n) is 6.40. The van der Waals surface area contributed by atoms with Crippen molar-refractivity contribution >= 4 is 5.78 Å². The van der Waals surface area contributed by atoms with Gasteiger partial charge in [0.25, 0.3) is 0 Å². The van der Waals surface area contributed by atoms with Gasteiger partial charge in [-0.1, -0.05) is 6.92 Å². The molecule has 0 aliphatic carbocycles. The molecule has 3 heterocycles. The molecule has 110 valence electrons. The Morgan fingerprint density at radius 1 is 1.35 bits per heavy atom. The molecule has 4 heteroatoms. The first kappa shape index (κ1) is 13.8. The molecule has 0 amide bonds.